The first-order chi connectivity index (χ1) is 7.66. The average molecular weight is 238 g/mol. The summed E-state index contributed by atoms with van der Waals surface area (Å²) in [4.78, 5) is 8.21. The molecule has 0 aromatic carbocycles. The minimum absolute atomic E-state index is 0.0943. The van der Waals surface area contributed by atoms with Crippen molar-refractivity contribution in [1.82, 2.24) is 15.3 Å². The number of nitrogens with two attached hydrogens (primary N) is 1. The molecule has 16 heavy (non-hydrogen) atoms. The third kappa shape index (κ3) is 2.17. The maximum absolute atomic E-state index is 5.91. The number of anilines is 1. The van der Waals surface area contributed by atoms with Gasteiger partial charge in [-0.15, -0.1) is 0 Å². The largest absolute Gasteiger partial charge is 0.379 e. The molecule has 0 aliphatic carbocycles. The monoisotopic (exact) mass is 237 g/mol. The lowest BCUT2D eigenvalue weighted by atomic mass is 10.4. The van der Waals surface area contributed by atoms with Crippen molar-refractivity contribution in [2.45, 2.75) is 6.92 Å². The smallest absolute Gasteiger partial charge is 0.198 e. The predicted molar refractivity (Wildman–Crippen MR) is 59.7 cm³/mol. The summed E-state index contributed by atoms with van der Waals surface area (Å²) in [6.45, 7) is 1.86. The highest BCUT2D eigenvalue weighted by Gasteiger charge is 2.11. The Hall–Kier alpha value is -1.95. The summed E-state index contributed by atoms with van der Waals surface area (Å²) in [7, 11) is 0. The number of pyridine rings is 1. The number of rotatable bonds is 2. The Morgan fingerprint density at radius 1 is 1.44 bits per heavy atom. The summed E-state index contributed by atoms with van der Waals surface area (Å²) in [6, 6.07) is 5.41. The van der Waals surface area contributed by atoms with Crippen LogP contribution in [0.3, 0.4) is 0 Å². The molecule has 7 heteroatoms. The molecule has 82 valence electrons. The number of nitrogen functional groups attached to an aromatic ring is 1. The third-order valence-corrected chi connectivity index (χ3v) is 2.06. The molecule has 0 saturated carbocycles. The van der Waals surface area contributed by atoms with E-state index in [1.165, 1.54) is 0 Å². The maximum atomic E-state index is 5.91. The molecule has 0 atom stereocenters. The van der Waals surface area contributed by atoms with Crippen LogP contribution in [-0.2, 0) is 0 Å². The molecular weight excluding hydrogens is 230 g/mol. The van der Waals surface area contributed by atoms with Crippen molar-refractivity contribution in [1.29, 1.82) is 0 Å². The molecule has 0 amide bonds. The molecule has 0 unspecified atom stereocenters. The van der Waals surface area contributed by atoms with Gasteiger partial charge in [-0.2, -0.15) is 0 Å². The average Bonchev–Trinajstić information content (AvgIpc) is 2.64. The molecule has 2 heterocycles. The fraction of sp³-hybridized carbons (Fsp3) is 0.111. The molecule has 2 rings (SSSR count). The lowest BCUT2D eigenvalue weighted by Gasteiger charge is -1.96. The lowest BCUT2D eigenvalue weighted by Crippen LogP contribution is -1.97. The minimum atomic E-state index is 0.0943. The van der Waals surface area contributed by atoms with Gasteiger partial charge >= 0.3 is 0 Å². The summed E-state index contributed by atoms with van der Waals surface area (Å²) in [5, 5.41) is 7.03. The minimum Gasteiger partial charge on any atom is -0.379 e. The number of aliphatic imine (C=N–C) groups is 1. The second-order valence-corrected chi connectivity index (χ2v) is 3.40. The zero-order valence-corrected chi connectivity index (χ0v) is 9.14. The summed E-state index contributed by atoms with van der Waals surface area (Å²) < 4.78 is 4.42. The van der Waals surface area contributed by atoms with Crippen molar-refractivity contribution < 1.29 is 4.63 Å². The third-order valence-electron chi connectivity index (χ3n) is 1.80. The van der Waals surface area contributed by atoms with Gasteiger partial charge < -0.3 is 5.73 Å². The summed E-state index contributed by atoms with van der Waals surface area (Å²) in [5.41, 5.74) is 6.53. The van der Waals surface area contributed by atoms with Crippen LogP contribution < -0.4 is 5.73 Å². The van der Waals surface area contributed by atoms with E-state index in [2.05, 4.69) is 24.9 Å². The topological polar surface area (TPSA) is 90.2 Å². The first kappa shape index (κ1) is 10.6. The number of aromatic nitrogens is 3. The summed E-state index contributed by atoms with van der Waals surface area (Å²) in [6.07, 6.45) is 0. The lowest BCUT2D eigenvalue weighted by molar-refractivity contribution is 0.308. The number of hydrogen-bond donors (Lipinski definition) is 1. The van der Waals surface area contributed by atoms with Crippen molar-refractivity contribution in [2.24, 2.45) is 4.99 Å². The van der Waals surface area contributed by atoms with Gasteiger partial charge in [0.05, 0.1) is 0 Å². The van der Waals surface area contributed by atoms with E-state index in [1.807, 2.05) is 19.1 Å². The molecule has 2 aromatic rings. The second kappa shape index (κ2) is 4.28. The summed E-state index contributed by atoms with van der Waals surface area (Å²) in [5.74, 6) is 0.578. The molecule has 2 aromatic heterocycles. The fourth-order valence-electron chi connectivity index (χ4n) is 1.08. The van der Waals surface area contributed by atoms with Gasteiger partial charge in [0.15, 0.2) is 22.5 Å². The molecule has 0 spiro atoms. The van der Waals surface area contributed by atoms with Crippen molar-refractivity contribution >= 4 is 28.4 Å². The van der Waals surface area contributed by atoms with Crippen LogP contribution >= 0.6 is 11.6 Å². The Kier molecular flexibility index (Phi) is 2.82. The molecule has 0 aliphatic rings. The number of hydrogen-bond acceptors (Lipinski definition) is 6. The van der Waals surface area contributed by atoms with Crippen molar-refractivity contribution in [3.63, 3.8) is 0 Å². The highest BCUT2D eigenvalue weighted by molar-refractivity contribution is 6.70. The molecular formula is C9H8ClN5O. The van der Waals surface area contributed by atoms with Gasteiger partial charge in [0, 0.05) is 5.69 Å². The van der Waals surface area contributed by atoms with E-state index in [0.717, 1.165) is 5.69 Å². The van der Waals surface area contributed by atoms with Crippen molar-refractivity contribution in [3.8, 4) is 0 Å². The quantitative estimate of drug-likeness (QED) is 0.803. The van der Waals surface area contributed by atoms with Gasteiger partial charge in [-0.25, -0.2) is 14.6 Å². The van der Waals surface area contributed by atoms with Crippen LogP contribution in [0, 0.1) is 6.92 Å². The van der Waals surface area contributed by atoms with Crippen molar-refractivity contribution in [2.75, 3.05) is 5.73 Å². The molecule has 0 aliphatic heterocycles. The highest BCUT2D eigenvalue weighted by atomic mass is 35.5. The maximum Gasteiger partial charge on any atom is 0.198 e. The summed E-state index contributed by atoms with van der Waals surface area (Å²) >= 11 is 5.91. The molecule has 0 radical (unpaired) electrons. The van der Waals surface area contributed by atoms with Gasteiger partial charge in [-0.1, -0.05) is 17.7 Å². The number of aryl methyl sites for hydroxylation is 1. The molecule has 0 saturated heterocycles. The van der Waals surface area contributed by atoms with E-state index in [4.69, 9.17) is 17.3 Å². The molecule has 0 bridgehead atoms. The highest BCUT2D eigenvalue weighted by Crippen LogP contribution is 2.15. The zero-order valence-electron chi connectivity index (χ0n) is 8.38. The van der Waals surface area contributed by atoms with Gasteiger partial charge in [-0.3, -0.25) is 0 Å². The van der Waals surface area contributed by atoms with Crippen molar-refractivity contribution in [3.05, 3.63) is 29.6 Å². The predicted octanol–water partition coefficient (Wildman–Crippen LogP) is 1.67. The van der Waals surface area contributed by atoms with Gasteiger partial charge in [0.1, 0.15) is 0 Å². The zero-order chi connectivity index (χ0) is 11.5. The van der Waals surface area contributed by atoms with E-state index in [-0.39, 0.29) is 16.7 Å². The van der Waals surface area contributed by atoms with Crippen LogP contribution in [0.25, 0.3) is 0 Å². The van der Waals surface area contributed by atoms with Crippen LogP contribution in [0.1, 0.15) is 11.4 Å². The number of nitrogens with zero attached hydrogens (tertiary/aromatic N) is 4. The first-order valence-electron chi connectivity index (χ1n) is 4.43. The van der Waals surface area contributed by atoms with E-state index >= 15 is 0 Å². The van der Waals surface area contributed by atoms with E-state index in [9.17, 15) is 0 Å². The Morgan fingerprint density at radius 2 is 2.25 bits per heavy atom. The second-order valence-electron chi connectivity index (χ2n) is 3.04. The normalized spacial score (nSPS) is 11.8. The van der Waals surface area contributed by atoms with E-state index in [1.54, 1.807) is 6.07 Å². The molecule has 6 nitrogen and oxygen atoms in total. The Morgan fingerprint density at radius 3 is 2.88 bits per heavy atom. The molecule has 0 fully saturated rings. The van der Waals surface area contributed by atoms with E-state index in [0.29, 0.717) is 5.82 Å². The Labute approximate surface area is 96.1 Å². The SMILES string of the molecule is Cc1cccc(/N=C(\Cl)c2nonc2N)n1. The van der Waals surface area contributed by atoms with Gasteiger partial charge in [0.25, 0.3) is 0 Å². The van der Waals surface area contributed by atoms with Crippen LogP contribution in [0.5, 0.6) is 0 Å². The van der Waals surface area contributed by atoms with Crippen LogP contribution in [0.4, 0.5) is 11.6 Å². The van der Waals surface area contributed by atoms with Crippen LogP contribution in [-0.4, -0.2) is 20.5 Å². The van der Waals surface area contributed by atoms with Gasteiger partial charge in [-0.05, 0) is 29.4 Å². The standard InChI is InChI=1S/C9H8ClN5O/c1-5-3-2-4-6(12-5)13-8(10)7-9(11)15-16-14-7/h2-4H,1H3,(H2,11,15)/b13-8-. The number of halogens is 1. The van der Waals surface area contributed by atoms with Gasteiger partial charge in [0.2, 0.25) is 0 Å². The first-order valence-corrected chi connectivity index (χ1v) is 4.81. The van der Waals surface area contributed by atoms with Crippen LogP contribution in [0.15, 0.2) is 27.8 Å². The Balaban J connectivity index is 2.35. The fourth-order valence-corrected chi connectivity index (χ4v) is 1.30. The molecule has 2 N–H and O–H groups in total. The Bertz CT molecular complexity index is 536. The van der Waals surface area contributed by atoms with E-state index < -0.39 is 0 Å². The van der Waals surface area contributed by atoms with Crippen LogP contribution in [0.2, 0.25) is 0 Å².